The topological polar surface area (TPSA) is 143 Å². The maximum Gasteiger partial charge on any atom is 0.417 e. The van der Waals surface area contributed by atoms with Crippen molar-refractivity contribution in [3.63, 3.8) is 0 Å². The molecule has 0 aliphatic carbocycles. The van der Waals surface area contributed by atoms with Gasteiger partial charge in [-0.3, -0.25) is 0 Å². The summed E-state index contributed by atoms with van der Waals surface area (Å²) in [5, 5.41) is 51.1. The maximum absolute atomic E-state index is 15.7. The van der Waals surface area contributed by atoms with E-state index in [2.05, 4.69) is 0 Å². The monoisotopic (exact) mass is 646 g/mol. The smallest absolute Gasteiger partial charge is 0.205 e. The van der Waals surface area contributed by atoms with Gasteiger partial charge in [-0.2, -0.15) is 57.9 Å². The third-order valence-corrected chi connectivity index (χ3v) is 6.63. The van der Waals surface area contributed by atoms with Crippen molar-refractivity contribution in [3.8, 4) is 36.4 Å². The molecule has 0 heterocycles. The molecule has 0 radical (unpaired) electrons. The number of nitrogens with zero attached hydrogens (tertiary/aromatic N) is 6. The molecule has 0 aliphatic rings. The van der Waals surface area contributed by atoms with Gasteiger partial charge in [0.15, 0.2) is 11.6 Å². The highest BCUT2D eigenvalue weighted by Gasteiger charge is 2.37. The number of halogens is 10. The van der Waals surface area contributed by atoms with Crippen LogP contribution in [0.5, 0.6) is 0 Å². The molecule has 0 atom stereocenters. The average Bonchev–Trinajstić information content (AvgIpc) is 2.97. The average molecular weight is 647 g/mol. The van der Waals surface area contributed by atoms with Crippen molar-refractivity contribution in [2.24, 2.45) is 0 Å². The summed E-state index contributed by atoms with van der Waals surface area (Å²) >= 11 is 12.0. The van der Waals surface area contributed by atoms with E-state index in [1.807, 2.05) is 0 Å². The van der Waals surface area contributed by atoms with Crippen LogP contribution in [0.2, 0.25) is 10.0 Å². The van der Waals surface area contributed by atoms with Gasteiger partial charge in [0.25, 0.3) is 0 Å². The van der Waals surface area contributed by atoms with E-state index in [-0.39, 0.29) is 12.1 Å². The molecule has 3 aromatic rings. The Morgan fingerprint density at radius 3 is 1.09 bits per heavy atom. The first-order valence-electron chi connectivity index (χ1n) is 11.0. The van der Waals surface area contributed by atoms with Crippen molar-refractivity contribution < 1.29 is 35.1 Å². The van der Waals surface area contributed by atoms with Gasteiger partial charge in [-0.05, 0) is 35.4 Å². The summed E-state index contributed by atoms with van der Waals surface area (Å²) in [6.45, 7) is 0. The van der Waals surface area contributed by atoms with Crippen molar-refractivity contribution in [1.82, 2.24) is 0 Å². The second kappa shape index (κ2) is 11.9. The zero-order valence-electron chi connectivity index (χ0n) is 20.8. The van der Waals surface area contributed by atoms with Gasteiger partial charge in [0.1, 0.15) is 36.4 Å². The minimum atomic E-state index is -5.25. The van der Waals surface area contributed by atoms with Crippen LogP contribution in [0.15, 0.2) is 24.3 Å². The molecule has 3 rings (SSSR count). The van der Waals surface area contributed by atoms with Crippen LogP contribution in [0.4, 0.5) is 35.1 Å². The summed E-state index contributed by atoms with van der Waals surface area (Å²) in [5.41, 5.74) is -11.3. The Bertz CT molecular complexity index is 1970. The molecule has 3 aromatic carbocycles. The van der Waals surface area contributed by atoms with Gasteiger partial charge < -0.3 is 0 Å². The summed E-state index contributed by atoms with van der Waals surface area (Å²) in [7, 11) is 0. The lowest BCUT2D eigenvalue weighted by atomic mass is 9.93. The van der Waals surface area contributed by atoms with Crippen molar-refractivity contribution in [1.29, 1.82) is 31.6 Å². The first-order valence-corrected chi connectivity index (χ1v) is 11.8. The molecule has 0 fully saturated rings. The van der Waals surface area contributed by atoms with E-state index in [0.29, 0.717) is 12.1 Å². The zero-order valence-corrected chi connectivity index (χ0v) is 22.3. The van der Waals surface area contributed by atoms with Crippen LogP contribution in [-0.4, -0.2) is 0 Å². The van der Waals surface area contributed by atoms with Gasteiger partial charge in [0.05, 0.1) is 65.0 Å². The minimum absolute atomic E-state index is 0.207. The van der Waals surface area contributed by atoms with Gasteiger partial charge >= 0.3 is 12.4 Å². The van der Waals surface area contributed by atoms with Gasteiger partial charge in [-0.1, -0.05) is 23.2 Å². The van der Waals surface area contributed by atoms with Crippen molar-refractivity contribution in [2.75, 3.05) is 0 Å². The second-order valence-electron chi connectivity index (χ2n) is 8.32. The fraction of sp³-hybridized carbons (Fsp3) is 0.0714. The number of hydrogen-bond acceptors (Lipinski definition) is 6. The molecule has 0 unspecified atom stereocenters. The second-order valence-corrected chi connectivity index (χ2v) is 9.07. The molecule has 0 saturated heterocycles. The van der Waals surface area contributed by atoms with Crippen molar-refractivity contribution in [2.45, 2.75) is 12.4 Å². The Balaban J connectivity index is 2.62. The van der Waals surface area contributed by atoms with Crippen molar-refractivity contribution >= 4 is 34.3 Å². The first kappa shape index (κ1) is 32.9. The quantitative estimate of drug-likeness (QED) is 0.238. The molecule has 0 saturated carbocycles. The Morgan fingerprint density at radius 1 is 0.545 bits per heavy atom. The predicted octanol–water partition coefficient (Wildman–Crippen LogP) is 6.24. The minimum Gasteiger partial charge on any atom is -0.205 e. The van der Waals surface area contributed by atoms with Crippen LogP contribution in [0, 0.1) is 79.6 Å². The summed E-state index contributed by atoms with van der Waals surface area (Å²) in [4.78, 5) is 0. The standard InChI is InChI=1S/C28H4Cl2F8N6/c29-23-21(17(9-43)11-1-13(5-39)15(7-41)19(3-11)27(33,34)35)25(31)24(30)22(26(23)32)18(10-44)12-2-14(6-40)16(8-42)20(4-12)28(36,37)38/h1-4H/b21-17-,22-18+. The van der Waals surface area contributed by atoms with Crippen LogP contribution in [0.1, 0.15) is 44.5 Å². The van der Waals surface area contributed by atoms with E-state index < -0.39 is 100 Å². The summed E-state index contributed by atoms with van der Waals surface area (Å²) in [6.07, 6.45) is -10.5. The number of rotatable bonds is 2. The van der Waals surface area contributed by atoms with Crippen LogP contribution in [0.3, 0.4) is 0 Å². The molecule has 0 N–H and O–H groups in total. The Morgan fingerprint density at radius 2 is 0.864 bits per heavy atom. The molecule has 216 valence electrons. The van der Waals surface area contributed by atoms with E-state index >= 15 is 8.78 Å². The van der Waals surface area contributed by atoms with Crippen LogP contribution in [-0.2, 0) is 12.4 Å². The van der Waals surface area contributed by atoms with Crippen molar-refractivity contribution in [3.05, 3.63) is 101 Å². The molecule has 6 nitrogen and oxygen atoms in total. The lowest BCUT2D eigenvalue weighted by Crippen LogP contribution is -2.26. The van der Waals surface area contributed by atoms with Gasteiger partial charge in [0.2, 0.25) is 0 Å². The summed E-state index contributed by atoms with van der Waals surface area (Å²) in [5.74, 6) is -3.61. The molecular weight excluding hydrogens is 643 g/mol. The van der Waals surface area contributed by atoms with Crippen LogP contribution >= 0.6 is 23.2 Å². The third-order valence-electron chi connectivity index (χ3n) is 5.92. The summed E-state index contributed by atoms with van der Waals surface area (Å²) < 4.78 is 113. The first-order chi connectivity index (χ1) is 20.5. The number of benzene rings is 3. The SMILES string of the molecule is N#C/C(c1cc(C#N)c(C#N)c(C(F)(F)F)c1)=c1/c(F)c(Cl)/c(=C(/C#N)c2cc(C#N)c(C#N)c(C(F)(F)F)c2)c(F)c1Cl. The number of alkyl halides is 6. The van der Waals surface area contributed by atoms with E-state index in [1.165, 1.54) is 36.4 Å². The molecule has 16 heteroatoms. The molecular formula is C28H4Cl2F8N6. The fourth-order valence-electron chi connectivity index (χ4n) is 4.04. The third kappa shape index (κ3) is 5.57. The van der Waals surface area contributed by atoms with Gasteiger partial charge in [-0.15, -0.1) is 0 Å². The lowest BCUT2D eigenvalue weighted by Gasteiger charge is -2.14. The Kier molecular flexibility index (Phi) is 8.91. The molecule has 0 amide bonds. The highest BCUT2D eigenvalue weighted by atomic mass is 35.5. The summed E-state index contributed by atoms with van der Waals surface area (Å²) in [6, 6.07) is 9.34. The van der Waals surface area contributed by atoms with Gasteiger partial charge in [0, 0.05) is 0 Å². The molecule has 0 bridgehead atoms. The normalized spacial score (nSPS) is 12.5. The molecule has 44 heavy (non-hydrogen) atoms. The number of nitriles is 6. The Hall–Kier alpha value is -5.64. The highest BCUT2D eigenvalue weighted by molar-refractivity contribution is 6.33. The molecule has 0 spiro atoms. The highest BCUT2D eigenvalue weighted by Crippen LogP contribution is 2.37. The van der Waals surface area contributed by atoms with E-state index in [4.69, 9.17) is 33.7 Å². The largest absolute Gasteiger partial charge is 0.417 e. The van der Waals surface area contributed by atoms with E-state index in [9.17, 15) is 47.4 Å². The maximum atomic E-state index is 15.7. The van der Waals surface area contributed by atoms with Crippen LogP contribution < -0.4 is 10.4 Å². The number of hydrogen-bond donors (Lipinski definition) is 0. The van der Waals surface area contributed by atoms with Crippen LogP contribution in [0.25, 0.3) is 11.1 Å². The Labute approximate surface area is 250 Å². The van der Waals surface area contributed by atoms with E-state index in [0.717, 1.165) is 0 Å². The fourth-order valence-corrected chi connectivity index (χ4v) is 4.58. The van der Waals surface area contributed by atoms with Gasteiger partial charge in [-0.25, -0.2) is 8.78 Å². The molecule has 0 aliphatic heterocycles. The molecule has 0 aromatic heterocycles. The zero-order chi connectivity index (χ0) is 33.3. The van der Waals surface area contributed by atoms with E-state index in [1.54, 1.807) is 0 Å². The predicted molar refractivity (Wildman–Crippen MR) is 134 cm³/mol. The lowest BCUT2D eigenvalue weighted by molar-refractivity contribution is -0.138.